The van der Waals surface area contributed by atoms with E-state index in [-0.39, 0.29) is 12.1 Å². The zero-order chi connectivity index (χ0) is 10.1. The second-order valence-electron chi connectivity index (χ2n) is 4.08. The molecule has 0 radical (unpaired) electrons. The van der Waals surface area contributed by atoms with Crippen LogP contribution in [0.5, 0.6) is 0 Å². The Morgan fingerprint density at radius 1 is 1.57 bits per heavy atom. The third-order valence-electron chi connectivity index (χ3n) is 2.89. The topological polar surface area (TPSA) is 35.2 Å². The molecule has 1 fully saturated rings. The largest absolute Gasteiger partial charge is 0.376 e. The molecule has 3 heteroatoms. The molecule has 2 heterocycles. The van der Waals surface area contributed by atoms with Gasteiger partial charge in [0, 0.05) is 16.4 Å². The fraction of sp³-hybridized carbons (Fsp3) is 0.636. The molecule has 1 saturated heterocycles. The molecule has 0 spiro atoms. The molecule has 2 rings (SSSR count). The Hall–Kier alpha value is -0.380. The van der Waals surface area contributed by atoms with Crippen molar-refractivity contribution in [3.8, 4) is 0 Å². The van der Waals surface area contributed by atoms with Gasteiger partial charge in [-0.05, 0) is 31.4 Å². The van der Waals surface area contributed by atoms with Gasteiger partial charge in [0.1, 0.15) is 0 Å². The Bertz CT molecular complexity index is 310. The molecule has 3 atom stereocenters. The van der Waals surface area contributed by atoms with Crippen molar-refractivity contribution in [3.63, 3.8) is 0 Å². The number of ether oxygens (including phenoxy) is 1. The zero-order valence-corrected chi connectivity index (χ0v) is 9.51. The van der Waals surface area contributed by atoms with Gasteiger partial charge in [0.2, 0.25) is 0 Å². The predicted molar refractivity (Wildman–Crippen MR) is 59.5 cm³/mol. The number of nitrogens with two attached hydrogens (primary N) is 1. The molecule has 0 saturated carbocycles. The van der Waals surface area contributed by atoms with Gasteiger partial charge >= 0.3 is 0 Å². The van der Waals surface area contributed by atoms with E-state index in [0.29, 0.717) is 5.92 Å². The molecule has 2 nitrogen and oxygen atoms in total. The summed E-state index contributed by atoms with van der Waals surface area (Å²) in [6, 6.07) is 4.31. The van der Waals surface area contributed by atoms with E-state index in [1.165, 1.54) is 9.75 Å². The van der Waals surface area contributed by atoms with Crippen LogP contribution in [0.4, 0.5) is 0 Å². The molecule has 0 amide bonds. The summed E-state index contributed by atoms with van der Waals surface area (Å²) in [6.45, 7) is 5.20. The normalized spacial score (nSPS) is 29.4. The van der Waals surface area contributed by atoms with Crippen LogP contribution in [0.3, 0.4) is 0 Å². The molecule has 0 aromatic carbocycles. The van der Waals surface area contributed by atoms with Crippen LogP contribution in [0.1, 0.15) is 29.1 Å². The molecule has 78 valence electrons. The van der Waals surface area contributed by atoms with Gasteiger partial charge in [-0.25, -0.2) is 0 Å². The highest BCUT2D eigenvalue weighted by Gasteiger charge is 2.31. The lowest BCUT2D eigenvalue weighted by molar-refractivity contribution is 0.0734. The van der Waals surface area contributed by atoms with Crippen LogP contribution in [0, 0.1) is 12.8 Å². The lowest BCUT2D eigenvalue weighted by Gasteiger charge is -2.21. The van der Waals surface area contributed by atoms with Crippen LogP contribution in [-0.2, 0) is 4.74 Å². The maximum absolute atomic E-state index is 6.19. The summed E-state index contributed by atoms with van der Waals surface area (Å²) >= 11 is 1.78. The zero-order valence-electron chi connectivity index (χ0n) is 8.69. The molecule has 1 aromatic rings. The Morgan fingerprint density at radius 3 is 2.86 bits per heavy atom. The van der Waals surface area contributed by atoms with Crippen molar-refractivity contribution in [2.75, 3.05) is 6.61 Å². The third-order valence-corrected chi connectivity index (χ3v) is 3.99. The van der Waals surface area contributed by atoms with Gasteiger partial charge in [-0.15, -0.1) is 11.3 Å². The lowest BCUT2D eigenvalue weighted by Crippen LogP contribution is -2.29. The summed E-state index contributed by atoms with van der Waals surface area (Å²) in [5.41, 5.74) is 6.19. The second kappa shape index (κ2) is 4.01. The molecule has 14 heavy (non-hydrogen) atoms. The number of rotatable bonds is 2. The highest BCUT2D eigenvalue weighted by molar-refractivity contribution is 7.12. The molecule has 2 N–H and O–H groups in total. The average molecular weight is 211 g/mol. The van der Waals surface area contributed by atoms with Gasteiger partial charge in [-0.2, -0.15) is 0 Å². The minimum absolute atomic E-state index is 0.0613. The Labute approximate surface area is 89.1 Å². The van der Waals surface area contributed by atoms with Crippen molar-refractivity contribution < 1.29 is 4.74 Å². The van der Waals surface area contributed by atoms with E-state index in [1.54, 1.807) is 11.3 Å². The van der Waals surface area contributed by atoms with Crippen molar-refractivity contribution in [3.05, 3.63) is 21.9 Å². The summed E-state index contributed by atoms with van der Waals surface area (Å²) < 4.78 is 5.67. The number of aryl methyl sites for hydroxylation is 1. The average Bonchev–Trinajstić information content (AvgIpc) is 2.73. The van der Waals surface area contributed by atoms with Crippen LogP contribution in [0.25, 0.3) is 0 Å². The predicted octanol–water partition coefficient (Wildman–Crippen LogP) is 2.48. The van der Waals surface area contributed by atoms with E-state index in [1.807, 2.05) is 0 Å². The minimum atomic E-state index is 0.0613. The van der Waals surface area contributed by atoms with Crippen molar-refractivity contribution in [2.45, 2.75) is 32.4 Å². The highest BCUT2D eigenvalue weighted by Crippen LogP contribution is 2.32. The van der Waals surface area contributed by atoms with E-state index < -0.39 is 0 Å². The van der Waals surface area contributed by atoms with E-state index in [9.17, 15) is 0 Å². The van der Waals surface area contributed by atoms with Gasteiger partial charge < -0.3 is 10.5 Å². The summed E-state index contributed by atoms with van der Waals surface area (Å²) in [5, 5.41) is 0. The van der Waals surface area contributed by atoms with Gasteiger partial charge in [0.05, 0.1) is 12.1 Å². The van der Waals surface area contributed by atoms with Gasteiger partial charge in [0.25, 0.3) is 0 Å². The number of thiophene rings is 1. The van der Waals surface area contributed by atoms with E-state index >= 15 is 0 Å². The van der Waals surface area contributed by atoms with Gasteiger partial charge in [0.15, 0.2) is 0 Å². The maximum Gasteiger partial charge on any atom is 0.0801 e. The van der Waals surface area contributed by atoms with Crippen molar-refractivity contribution in [1.29, 1.82) is 0 Å². The lowest BCUT2D eigenvalue weighted by atomic mass is 9.97. The summed E-state index contributed by atoms with van der Waals surface area (Å²) in [5.74, 6) is 0.590. The standard InChI is InChI=1S/C11H17NOS/c1-7-5-6-13-11(7)10(12)9-4-3-8(2)14-9/h3-4,7,10-11H,5-6,12H2,1-2H3. The summed E-state index contributed by atoms with van der Waals surface area (Å²) in [4.78, 5) is 2.57. The van der Waals surface area contributed by atoms with Crippen LogP contribution in [0.15, 0.2) is 12.1 Å². The molecular weight excluding hydrogens is 194 g/mol. The SMILES string of the molecule is Cc1ccc(C(N)C2OCCC2C)s1. The van der Waals surface area contributed by atoms with Gasteiger partial charge in [-0.3, -0.25) is 0 Å². The van der Waals surface area contributed by atoms with E-state index in [2.05, 4.69) is 26.0 Å². The Balaban J connectivity index is 2.11. The molecule has 1 aliphatic heterocycles. The number of hydrogen-bond donors (Lipinski definition) is 1. The fourth-order valence-electron chi connectivity index (χ4n) is 1.97. The molecule has 3 unspecified atom stereocenters. The van der Waals surface area contributed by atoms with Crippen LogP contribution in [-0.4, -0.2) is 12.7 Å². The fourth-order valence-corrected chi connectivity index (χ4v) is 2.88. The van der Waals surface area contributed by atoms with Crippen LogP contribution < -0.4 is 5.73 Å². The van der Waals surface area contributed by atoms with Crippen LogP contribution >= 0.6 is 11.3 Å². The molecule has 1 aromatic heterocycles. The maximum atomic E-state index is 6.19. The first-order valence-corrected chi connectivity index (χ1v) is 5.93. The summed E-state index contributed by atoms with van der Waals surface area (Å²) in [6.07, 6.45) is 1.36. The van der Waals surface area contributed by atoms with Crippen molar-refractivity contribution in [1.82, 2.24) is 0 Å². The van der Waals surface area contributed by atoms with Gasteiger partial charge in [-0.1, -0.05) is 6.92 Å². The Morgan fingerprint density at radius 2 is 2.36 bits per heavy atom. The Kier molecular flexibility index (Phi) is 2.91. The molecule has 0 bridgehead atoms. The van der Waals surface area contributed by atoms with Crippen molar-refractivity contribution >= 4 is 11.3 Å². The molecular formula is C11H17NOS. The van der Waals surface area contributed by atoms with E-state index in [4.69, 9.17) is 10.5 Å². The quantitative estimate of drug-likeness (QED) is 0.815. The third kappa shape index (κ3) is 1.85. The first-order chi connectivity index (χ1) is 6.68. The number of hydrogen-bond acceptors (Lipinski definition) is 3. The van der Waals surface area contributed by atoms with E-state index in [0.717, 1.165) is 13.0 Å². The smallest absolute Gasteiger partial charge is 0.0801 e. The first kappa shape index (κ1) is 10.1. The minimum Gasteiger partial charge on any atom is -0.376 e. The highest BCUT2D eigenvalue weighted by atomic mass is 32.1. The molecule has 1 aliphatic rings. The van der Waals surface area contributed by atoms with Crippen LogP contribution in [0.2, 0.25) is 0 Å². The molecule has 0 aliphatic carbocycles. The second-order valence-corrected chi connectivity index (χ2v) is 5.40. The summed E-state index contributed by atoms with van der Waals surface area (Å²) in [7, 11) is 0. The van der Waals surface area contributed by atoms with Crippen molar-refractivity contribution in [2.24, 2.45) is 11.7 Å². The first-order valence-electron chi connectivity index (χ1n) is 5.12. The monoisotopic (exact) mass is 211 g/mol.